The highest BCUT2D eigenvalue weighted by atomic mass is 16.5. The number of nitrogens with one attached hydrogen (secondary N) is 2. The predicted octanol–water partition coefficient (Wildman–Crippen LogP) is 2.52. The molecule has 0 aliphatic rings. The fourth-order valence-corrected chi connectivity index (χ4v) is 1.82. The zero-order valence-electron chi connectivity index (χ0n) is 13.0. The highest BCUT2D eigenvalue weighted by molar-refractivity contribution is 5.95. The Bertz CT molecular complexity index is 847. The number of amides is 2. The molecule has 0 saturated heterocycles. The second-order valence-electron chi connectivity index (χ2n) is 4.83. The summed E-state index contributed by atoms with van der Waals surface area (Å²) in [5, 5.41) is 12.3. The summed E-state index contributed by atoms with van der Waals surface area (Å²) in [6.45, 7) is 6.88. The van der Waals surface area contributed by atoms with Crippen LogP contribution in [0.25, 0.3) is 10.9 Å². The van der Waals surface area contributed by atoms with Gasteiger partial charge in [0.25, 0.3) is 11.8 Å². The van der Waals surface area contributed by atoms with Crippen LogP contribution < -0.4 is 10.9 Å². The van der Waals surface area contributed by atoms with Crippen LogP contribution in [0.4, 0.5) is 5.69 Å². The van der Waals surface area contributed by atoms with Crippen molar-refractivity contribution < 1.29 is 14.8 Å². The van der Waals surface area contributed by atoms with Gasteiger partial charge in [0, 0.05) is 11.6 Å². The Morgan fingerprint density at radius 3 is 2.28 bits per heavy atom. The maximum Gasteiger partial charge on any atom is 0.271 e. The minimum Gasteiger partial charge on any atom is -0.288 e. The van der Waals surface area contributed by atoms with Crippen LogP contribution in [-0.2, 0) is 4.79 Å². The smallest absolute Gasteiger partial charge is 0.271 e. The topological polar surface area (TPSA) is 95.2 Å². The van der Waals surface area contributed by atoms with Crippen molar-refractivity contribution in [1.29, 1.82) is 0 Å². The van der Waals surface area contributed by atoms with Crippen molar-refractivity contribution in [3.63, 3.8) is 0 Å². The van der Waals surface area contributed by atoms with E-state index in [4.69, 9.17) is 11.8 Å². The van der Waals surface area contributed by atoms with Crippen molar-refractivity contribution in [1.82, 2.24) is 10.9 Å². The van der Waals surface area contributed by atoms with E-state index in [0.717, 1.165) is 5.56 Å². The van der Waals surface area contributed by atoms with Gasteiger partial charge in [0.05, 0.1) is 12.8 Å². The predicted molar refractivity (Wildman–Crippen MR) is 93.2 cm³/mol. The maximum atomic E-state index is 12.0. The van der Waals surface area contributed by atoms with Crippen LogP contribution in [0.1, 0.15) is 21.5 Å². The van der Waals surface area contributed by atoms with E-state index in [1.165, 1.54) is 23.8 Å². The van der Waals surface area contributed by atoms with E-state index in [9.17, 15) is 9.59 Å². The summed E-state index contributed by atoms with van der Waals surface area (Å²) in [5.74, 6) is -1.02. The Morgan fingerprint density at radius 2 is 1.68 bits per heavy atom. The van der Waals surface area contributed by atoms with Crippen LogP contribution in [0, 0.1) is 6.57 Å². The molecule has 7 heteroatoms. The number of hydrazone groups is 1. The molecule has 2 aromatic carbocycles. The summed E-state index contributed by atoms with van der Waals surface area (Å²) in [6.07, 6.45) is 4.15. The molecule has 0 radical (unpaired) electrons. The van der Waals surface area contributed by atoms with Gasteiger partial charge < -0.3 is 0 Å². The second kappa shape index (κ2) is 8.76. The fraction of sp³-hybridized carbons (Fsp3) is 0. The highest BCUT2D eigenvalue weighted by Crippen LogP contribution is 2.11. The lowest BCUT2D eigenvalue weighted by Gasteiger charge is -2.01. The Kier molecular flexibility index (Phi) is 6.17. The van der Waals surface area contributed by atoms with Gasteiger partial charge in [-0.05, 0) is 29.3 Å². The molecule has 0 unspecified atom stereocenters. The molecule has 0 fully saturated rings. The number of carbonyl (C=O) groups excluding carboxylic acids is 2. The molecule has 0 aliphatic carbocycles. The molecule has 0 heterocycles. The first-order chi connectivity index (χ1) is 12.1. The Balaban J connectivity index is 1.94. The number of benzene rings is 2. The molecule has 2 amide bonds. The second-order valence-corrected chi connectivity index (χ2v) is 4.83. The third kappa shape index (κ3) is 5.42. The highest BCUT2D eigenvalue weighted by Gasteiger charge is 2.03. The summed E-state index contributed by atoms with van der Waals surface area (Å²) in [4.78, 5) is 26.2. The Labute approximate surface area is 144 Å². The zero-order valence-corrected chi connectivity index (χ0v) is 13.0. The largest absolute Gasteiger partial charge is 0.288 e. The molecule has 25 heavy (non-hydrogen) atoms. The van der Waals surface area contributed by atoms with Gasteiger partial charge in [-0.15, -0.1) is 0 Å². The molecule has 2 aromatic rings. The number of carbonyl (C=O) groups is 2. The summed E-state index contributed by atoms with van der Waals surface area (Å²) >= 11 is 0. The van der Waals surface area contributed by atoms with E-state index in [1.54, 1.807) is 48.5 Å². The van der Waals surface area contributed by atoms with Crippen LogP contribution >= 0.6 is 0 Å². The summed E-state index contributed by atoms with van der Waals surface area (Å²) < 4.78 is 0. The van der Waals surface area contributed by atoms with Crippen molar-refractivity contribution >= 4 is 29.8 Å². The summed E-state index contributed by atoms with van der Waals surface area (Å²) in [6, 6.07) is 13.3. The van der Waals surface area contributed by atoms with E-state index >= 15 is 0 Å². The quantitative estimate of drug-likeness (QED) is 0.258. The maximum absolute atomic E-state index is 12.0. The normalized spacial score (nSPS) is 10.6. The van der Waals surface area contributed by atoms with Crippen LogP contribution in [0.3, 0.4) is 0 Å². The number of hydrogen-bond acceptors (Lipinski definition) is 4. The molecule has 2 rings (SSSR count). The van der Waals surface area contributed by atoms with Crippen molar-refractivity contribution in [2.24, 2.45) is 5.10 Å². The average Bonchev–Trinajstić information content (AvgIpc) is 2.66. The molecule has 0 bridgehead atoms. The van der Waals surface area contributed by atoms with Gasteiger partial charge in [-0.1, -0.05) is 36.4 Å². The lowest BCUT2D eigenvalue weighted by atomic mass is 10.1. The van der Waals surface area contributed by atoms with E-state index in [1.807, 2.05) is 0 Å². The number of hydrogen-bond donors (Lipinski definition) is 3. The molecule has 0 spiro atoms. The van der Waals surface area contributed by atoms with Crippen molar-refractivity contribution in [3.05, 3.63) is 82.7 Å². The van der Waals surface area contributed by atoms with Crippen LogP contribution in [-0.4, -0.2) is 23.2 Å². The van der Waals surface area contributed by atoms with Gasteiger partial charge in [0.1, 0.15) is 0 Å². The lowest BCUT2D eigenvalue weighted by Crippen LogP contribution is -2.17. The number of nitrogens with zero attached hydrogens (tertiary/aromatic N) is 2. The molecular formula is C18H14N4O3. The third-order valence-electron chi connectivity index (χ3n) is 3.11. The van der Waals surface area contributed by atoms with Crippen molar-refractivity contribution in [2.45, 2.75) is 0 Å². The summed E-state index contributed by atoms with van der Waals surface area (Å²) in [7, 11) is 0. The lowest BCUT2D eigenvalue weighted by molar-refractivity contribution is -0.124. The molecule has 0 saturated carbocycles. The molecule has 0 aliphatic heterocycles. The minimum absolute atomic E-state index is 0.377. The van der Waals surface area contributed by atoms with Gasteiger partial charge in [-0.2, -0.15) is 5.10 Å². The Hall–Kier alpha value is -3.76. The monoisotopic (exact) mass is 334 g/mol. The van der Waals surface area contributed by atoms with E-state index in [2.05, 4.69) is 15.4 Å². The van der Waals surface area contributed by atoms with Crippen molar-refractivity contribution in [2.75, 3.05) is 0 Å². The van der Waals surface area contributed by atoms with Gasteiger partial charge in [0.2, 0.25) is 0 Å². The third-order valence-corrected chi connectivity index (χ3v) is 3.11. The standard InChI is InChI=1S/C18H14N4O3/c1-19-16-9-4-14(5-10-16)12-20-21-18(24)15-7-2-13(3-8-15)6-11-17(23)22-25/h2-12,25H,(H,21,24)(H,22,23)/b11-6+,20-12-. The van der Waals surface area contributed by atoms with Gasteiger partial charge >= 0.3 is 0 Å². The SMILES string of the molecule is [C-]#[N+]c1ccc(/C=N\NC(=O)c2ccc(/C=C/C(=O)NO)cc2)cc1. The first-order valence-electron chi connectivity index (χ1n) is 7.15. The van der Waals surface area contributed by atoms with Gasteiger partial charge in [-0.25, -0.2) is 15.8 Å². The molecule has 124 valence electrons. The fourth-order valence-electron chi connectivity index (χ4n) is 1.82. The van der Waals surface area contributed by atoms with Crippen LogP contribution in [0.2, 0.25) is 0 Å². The first kappa shape index (κ1) is 17.6. The minimum atomic E-state index is -0.638. The number of hydroxylamine groups is 1. The molecular weight excluding hydrogens is 320 g/mol. The van der Waals surface area contributed by atoms with Gasteiger partial charge in [-0.3, -0.25) is 14.8 Å². The van der Waals surface area contributed by atoms with Gasteiger partial charge in [0.15, 0.2) is 5.69 Å². The average molecular weight is 334 g/mol. The molecule has 0 aromatic heterocycles. The number of rotatable bonds is 5. The zero-order chi connectivity index (χ0) is 18.1. The van der Waals surface area contributed by atoms with E-state index < -0.39 is 5.91 Å². The molecule has 0 atom stereocenters. The molecule has 7 nitrogen and oxygen atoms in total. The van der Waals surface area contributed by atoms with Crippen molar-refractivity contribution in [3.8, 4) is 0 Å². The first-order valence-corrected chi connectivity index (χ1v) is 7.15. The molecule has 3 N–H and O–H groups in total. The Morgan fingerprint density at radius 1 is 1.04 bits per heavy atom. The summed E-state index contributed by atoms with van der Waals surface area (Å²) in [5.41, 5.74) is 6.30. The van der Waals surface area contributed by atoms with Crippen LogP contribution in [0.15, 0.2) is 59.7 Å². The van der Waals surface area contributed by atoms with E-state index in [-0.39, 0.29) is 5.91 Å². The van der Waals surface area contributed by atoms with E-state index in [0.29, 0.717) is 16.8 Å². The van der Waals surface area contributed by atoms with Crippen LogP contribution in [0.5, 0.6) is 0 Å².